The van der Waals surface area contributed by atoms with Gasteiger partial charge in [-0.15, -0.1) is 0 Å². The summed E-state index contributed by atoms with van der Waals surface area (Å²) in [6.45, 7) is 6.02. The Hall–Kier alpha value is -1.64. The van der Waals surface area contributed by atoms with Gasteiger partial charge in [-0.2, -0.15) is 0 Å². The minimum absolute atomic E-state index is 0.0994. The van der Waals surface area contributed by atoms with Crippen molar-refractivity contribution in [2.45, 2.75) is 37.8 Å². The van der Waals surface area contributed by atoms with Crippen molar-refractivity contribution in [3.05, 3.63) is 59.1 Å². The van der Waals surface area contributed by atoms with Gasteiger partial charge in [-0.1, -0.05) is 23.7 Å². The Morgan fingerprint density at radius 1 is 1.30 bits per heavy atom. The molecule has 1 aliphatic heterocycles. The van der Waals surface area contributed by atoms with Gasteiger partial charge in [-0.05, 0) is 68.8 Å². The molecule has 0 aromatic heterocycles. The summed E-state index contributed by atoms with van der Waals surface area (Å²) in [5, 5.41) is 11.3. The van der Waals surface area contributed by atoms with Crippen molar-refractivity contribution in [2.24, 2.45) is 0 Å². The van der Waals surface area contributed by atoms with Crippen LogP contribution in [0.25, 0.3) is 0 Å². The molecule has 2 aromatic rings. The molecule has 2 aromatic carbocycles. The van der Waals surface area contributed by atoms with Gasteiger partial charge in [0.25, 0.3) is 11.3 Å². The van der Waals surface area contributed by atoms with Crippen LogP contribution in [0.15, 0.2) is 48.5 Å². The van der Waals surface area contributed by atoms with Gasteiger partial charge in [0, 0.05) is 30.1 Å². The van der Waals surface area contributed by atoms with Crippen LogP contribution in [-0.2, 0) is 11.3 Å². The fourth-order valence-electron chi connectivity index (χ4n) is 4.11. The molecule has 0 radical (unpaired) electrons. The quantitative estimate of drug-likeness (QED) is 0.594. The average molecular weight is 453 g/mol. The normalized spacial score (nSPS) is 20.7. The maximum absolute atomic E-state index is 11.1. The third-order valence-electron chi connectivity index (χ3n) is 5.91. The monoisotopic (exact) mass is 452 g/mol. The number of rotatable bonds is 8. The topological polar surface area (TPSA) is 73.2 Å². The highest BCUT2D eigenvalue weighted by atomic mass is 35.5. The smallest absolute Gasteiger partial charge is 0.261 e. The second-order valence-electron chi connectivity index (χ2n) is 8.18. The van der Waals surface area contributed by atoms with Crippen LogP contribution in [0.2, 0.25) is 5.02 Å². The number of hydrogen-bond donors (Lipinski definition) is 2. The van der Waals surface area contributed by atoms with E-state index in [1.54, 1.807) is 24.3 Å². The molecule has 0 amide bonds. The molecule has 0 bridgehead atoms. The molecule has 6 nitrogen and oxygen atoms in total. The Labute approximate surface area is 185 Å². The summed E-state index contributed by atoms with van der Waals surface area (Å²) in [6, 6.07) is 14.9. The number of aliphatic hydroxyl groups is 1. The molecule has 164 valence electrons. The van der Waals surface area contributed by atoms with E-state index >= 15 is 0 Å². The number of nitrogens with zero attached hydrogens (tertiary/aromatic N) is 2. The van der Waals surface area contributed by atoms with Gasteiger partial charge in [0.15, 0.2) is 0 Å². The molecule has 1 saturated heterocycles. The molecule has 8 heteroatoms. The summed E-state index contributed by atoms with van der Waals surface area (Å²) in [6.07, 6.45) is 0.386. The van der Waals surface area contributed by atoms with E-state index in [2.05, 4.69) is 24.8 Å². The molecular formula is C22H29ClN2O4S. The molecule has 30 heavy (non-hydrogen) atoms. The Balaban J connectivity index is 1.55. The molecule has 0 spiro atoms. The highest BCUT2D eigenvalue weighted by Gasteiger charge is 2.42. The van der Waals surface area contributed by atoms with Crippen LogP contribution < -0.4 is 9.04 Å². The highest BCUT2D eigenvalue weighted by molar-refractivity contribution is 7.80. The number of hydrogen-bond acceptors (Lipinski definition) is 4. The molecule has 0 saturated carbocycles. The zero-order valence-electron chi connectivity index (χ0n) is 17.5. The first kappa shape index (κ1) is 23.0. The van der Waals surface area contributed by atoms with Gasteiger partial charge in [0.2, 0.25) is 0 Å². The maximum Gasteiger partial charge on any atom is 0.261 e. The second kappa shape index (κ2) is 9.66. The lowest BCUT2D eigenvalue weighted by molar-refractivity contribution is 0.0433. The van der Waals surface area contributed by atoms with E-state index in [1.807, 2.05) is 18.2 Å². The van der Waals surface area contributed by atoms with Crippen LogP contribution >= 0.6 is 11.6 Å². The lowest BCUT2D eigenvalue weighted by atomic mass is 9.82. The van der Waals surface area contributed by atoms with Crippen molar-refractivity contribution in [1.82, 2.24) is 4.90 Å². The van der Waals surface area contributed by atoms with E-state index < -0.39 is 17.4 Å². The summed E-state index contributed by atoms with van der Waals surface area (Å²) >= 11 is 4.11. The molecule has 0 aliphatic carbocycles. The zero-order valence-corrected chi connectivity index (χ0v) is 19.1. The molecule has 2 N–H and O–H groups in total. The van der Waals surface area contributed by atoms with Crippen molar-refractivity contribution in [1.29, 1.82) is 0 Å². The molecule has 1 aliphatic rings. The Morgan fingerprint density at radius 2 is 2.00 bits per heavy atom. The van der Waals surface area contributed by atoms with Crippen LogP contribution in [-0.4, -0.2) is 57.2 Å². The predicted molar refractivity (Wildman–Crippen MR) is 122 cm³/mol. The second-order valence-corrected chi connectivity index (χ2v) is 9.63. The van der Waals surface area contributed by atoms with E-state index in [4.69, 9.17) is 20.9 Å². The zero-order chi connectivity index (χ0) is 21.9. The Kier molecular flexibility index (Phi) is 7.42. The standard InChI is InChI=1S/C22H29ClN2O4S/c1-22(2)21(16-5-4-6-17(23)13-16)11-12-25(22)14-19(26)15-29-20-9-7-18(8-10-20)24(3)30(27)28/h4-10,13,19,21,26H,11-12,14-15H2,1-3H3,(H,27,28)/t19-,21+/m1/s1. The van der Waals surface area contributed by atoms with Crippen molar-refractivity contribution in [2.75, 3.05) is 31.0 Å². The first-order valence-electron chi connectivity index (χ1n) is 9.94. The van der Waals surface area contributed by atoms with Gasteiger partial charge < -0.3 is 9.84 Å². The minimum atomic E-state index is -2.07. The van der Waals surface area contributed by atoms with E-state index in [1.165, 1.54) is 16.9 Å². The molecule has 1 unspecified atom stereocenters. The number of likely N-dealkylation sites (tertiary alicyclic amines) is 1. The molecule has 3 atom stereocenters. The average Bonchev–Trinajstić information content (AvgIpc) is 3.00. The summed E-state index contributed by atoms with van der Waals surface area (Å²) in [5.41, 5.74) is 1.74. The fraction of sp³-hybridized carbons (Fsp3) is 0.455. The maximum atomic E-state index is 11.1. The van der Waals surface area contributed by atoms with Crippen LogP contribution in [0.1, 0.15) is 31.7 Å². The SMILES string of the molecule is CN(c1ccc(OC[C@H](O)CN2CC[C@@H](c3cccc(Cl)c3)C2(C)C)cc1)S(=O)O. The number of β-amino-alcohol motifs (C(OH)–C–C–N with tert-alkyl or cyclic N) is 1. The summed E-state index contributed by atoms with van der Waals surface area (Å²) < 4.78 is 27.2. The number of aliphatic hydroxyl groups excluding tert-OH is 1. The Bertz CT molecular complexity index is 878. The van der Waals surface area contributed by atoms with Crippen LogP contribution in [0.4, 0.5) is 5.69 Å². The van der Waals surface area contributed by atoms with Crippen LogP contribution in [0, 0.1) is 0 Å². The van der Waals surface area contributed by atoms with Crippen molar-refractivity contribution in [3.63, 3.8) is 0 Å². The predicted octanol–water partition coefficient (Wildman–Crippen LogP) is 3.92. The third kappa shape index (κ3) is 5.34. The minimum Gasteiger partial charge on any atom is -0.491 e. The third-order valence-corrected chi connectivity index (χ3v) is 6.83. The van der Waals surface area contributed by atoms with Gasteiger partial charge >= 0.3 is 0 Å². The highest BCUT2D eigenvalue weighted by Crippen LogP contribution is 2.42. The fourth-order valence-corrected chi connectivity index (χ4v) is 4.61. The van der Waals surface area contributed by atoms with Crippen molar-refractivity contribution >= 4 is 28.6 Å². The number of ether oxygens (including phenoxy) is 1. The van der Waals surface area contributed by atoms with Crippen molar-refractivity contribution < 1.29 is 18.6 Å². The van der Waals surface area contributed by atoms with Crippen molar-refractivity contribution in [3.8, 4) is 5.75 Å². The Morgan fingerprint density at radius 3 is 2.63 bits per heavy atom. The van der Waals surface area contributed by atoms with Crippen LogP contribution in [0.3, 0.4) is 0 Å². The number of anilines is 1. The first-order chi connectivity index (χ1) is 14.2. The van der Waals surface area contributed by atoms with Crippen LogP contribution in [0.5, 0.6) is 5.75 Å². The molecule has 1 heterocycles. The van der Waals surface area contributed by atoms with E-state index in [-0.39, 0.29) is 12.1 Å². The van der Waals surface area contributed by atoms with E-state index in [9.17, 15) is 9.32 Å². The molecule has 3 rings (SSSR count). The van der Waals surface area contributed by atoms with Gasteiger partial charge in [-0.25, -0.2) is 4.21 Å². The lowest BCUT2D eigenvalue weighted by Gasteiger charge is -2.37. The van der Waals surface area contributed by atoms with E-state index in [0.717, 1.165) is 18.0 Å². The summed E-state index contributed by atoms with van der Waals surface area (Å²) in [5.74, 6) is 0.957. The van der Waals surface area contributed by atoms with Gasteiger partial charge in [0.05, 0.1) is 5.69 Å². The molecule has 1 fully saturated rings. The summed E-state index contributed by atoms with van der Waals surface area (Å²) in [7, 11) is 1.53. The van der Waals surface area contributed by atoms with Gasteiger partial charge in [-0.3, -0.25) is 13.8 Å². The number of halogens is 1. The lowest BCUT2D eigenvalue weighted by Crippen LogP contribution is -2.46. The van der Waals surface area contributed by atoms with E-state index in [0.29, 0.717) is 23.9 Å². The molecular weight excluding hydrogens is 424 g/mol. The van der Waals surface area contributed by atoms with Gasteiger partial charge in [0.1, 0.15) is 18.5 Å². The summed E-state index contributed by atoms with van der Waals surface area (Å²) in [4.78, 5) is 2.31. The number of benzene rings is 2. The largest absolute Gasteiger partial charge is 0.491 e. The first-order valence-corrected chi connectivity index (χ1v) is 11.4.